The molecule has 0 aromatic carbocycles. The summed E-state index contributed by atoms with van der Waals surface area (Å²) in [4.78, 5) is 72.8. The molecule has 17 nitrogen and oxygen atoms in total. The average molecular weight is 1470 g/mol. The Morgan fingerprint density at radius 2 is 0.400 bits per heavy atom. The fraction of sp³-hybridized carbons (Fsp3) is 0.951. The normalized spacial score (nSPS) is 13.8. The first-order valence-electron chi connectivity index (χ1n) is 42.3. The van der Waals surface area contributed by atoms with E-state index in [9.17, 15) is 43.2 Å². The molecule has 0 fully saturated rings. The highest BCUT2D eigenvalue weighted by atomic mass is 31.2. The van der Waals surface area contributed by atoms with Gasteiger partial charge in [0.1, 0.15) is 19.3 Å². The van der Waals surface area contributed by atoms with Crippen LogP contribution in [0.15, 0.2) is 0 Å². The van der Waals surface area contributed by atoms with E-state index in [4.69, 9.17) is 37.0 Å². The van der Waals surface area contributed by atoms with Crippen LogP contribution in [0.25, 0.3) is 0 Å². The van der Waals surface area contributed by atoms with Gasteiger partial charge in [0.25, 0.3) is 0 Å². The number of ether oxygens (including phenoxy) is 4. The van der Waals surface area contributed by atoms with Gasteiger partial charge in [0.05, 0.1) is 26.4 Å². The van der Waals surface area contributed by atoms with Crippen molar-refractivity contribution in [3.63, 3.8) is 0 Å². The Labute approximate surface area is 613 Å². The summed E-state index contributed by atoms with van der Waals surface area (Å²) in [6.07, 6.45) is 68.3. The van der Waals surface area contributed by atoms with Gasteiger partial charge in [0.15, 0.2) is 12.2 Å². The average Bonchev–Trinajstić information content (AvgIpc) is 0.926. The van der Waals surface area contributed by atoms with E-state index in [0.717, 1.165) is 96.3 Å². The molecule has 0 rings (SSSR count). The maximum Gasteiger partial charge on any atom is 0.472 e. The highest BCUT2D eigenvalue weighted by Gasteiger charge is 2.30. The summed E-state index contributed by atoms with van der Waals surface area (Å²) in [5.41, 5.74) is 0. The molecule has 0 bridgehead atoms. The minimum absolute atomic E-state index is 0.107. The molecule has 0 aromatic heterocycles. The van der Waals surface area contributed by atoms with Crippen LogP contribution >= 0.6 is 15.6 Å². The van der Waals surface area contributed by atoms with E-state index in [-0.39, 0.29) is 25.7 Å². The van der Waals surface area contributed by atoms with Crippen molar-refractivity contribution >= 4 is 39.5 Å². The van der Waals surface area contributed by atoms with Crippen LogP contribution in [0.3, 0.4) is 0 Å². The van der Waals surface area contributed by atoms with E-state index in [2.05, 4.69) is 27.7 Å². The van der Waals surface area contributed by atoms with Crippen molar-refractivity contribution in [2.24, 2.45) is 0 Å². The van der Waals surface area contributed by atoms with Crippen LogP contribution in [0.4, 0.5) is 0 Å². The van der Waals surface area contributed by atoms with Crippen molar-refractivity contribution in [2.75, 3.05) is 39.6 Å². The van der Waals surface area contributed by atoms with Gasteiger partial charge in [-0.1, -0.05) is 387 Å². The number of aliphatic hydroxyl groups is 1. The number of carbonyl (C=O) groups excluding carboxylic acids is 4. The minimum atomic E-state index is -4.96. The molecule has 0 saturated heterocycles. The van der Waals surface area contributed by atoms with Crippen LogP contribution in [-0.2, 0) is 65.4 Å². The number of rotatable bonds is 82. The smallest absolute Gasteiger partial charge is 0.462 e. The Hall–Kier alpha value is -1.94. The molecule has 594 valence electrons. The molecule has 0 aliphatic heterocycles. The van der Waals surface area contributed by atoms with Crippen molar-refractivity contribution in [2.45, 2.75) is 457 Å². The maximum atomic E-state index is 13.1. The van der Waals surface area contributed by atoms with E-state index < -0.39 is 97.5 Å². The molecule has 0 radical (unpaired) electrons. The van der Waals surface area contributed by atoms with Crippen LogP contribution in [0.2, 0.25) is 0 Å². The lowest BCUT2D eigenvalue weighted by molar-refractivity contribution is -0.161. The van der Waals surface area contributed by atoms with Gasteiger partial charge < -0.3 is 33.8 Å². The number of unbranched alkanes of at least 4 members (excludes halogenated alkanes) is 56. The van der Waals surface area contributed by atoms with Gasteiger partial charge in [-0.3, -0.25) is 37.3 Å². The highest BCUT2D eigenvalue weighted by molar-refractivity contribution is 7.47. The van der Waals surface area contributed by atoms with Crippen molar-refractivity contribution in [3.8, 4) is 0 Å². The predicted octanol–water partition coefficient (Wildman–Crippen LogP) is 24.6. The van der Waals surface area contributed by atoms with E-state index in [1.807, 2.05) is 0 Å². The van der Waals surface area contributed by atoms with Crippen LogP contribution < -0.4 is 0 Å². The summed E-state index contributed by atoms with van der Waals surface area (Å²) >= 11 is 0. The maximum absolute atomic E-state index is 13.1. The number of phosphoric acid groups is 2. The second kappa shape index (κ2) is 75.3. The summed E-state index contributed by atoms with van der Waals surface area (Å²) < 4.78 is 68.5. The Balaban J connectivity index is 5.14. The lowest BCUT2D eigenvalue weighted by atomic mass is 10.0. The molecule has 100 heavy (non-hydrogen) atoms. The number of esters is 4. The molecule has 0 aliphatic carbocycles. The SMILES string of the molecule is CCCCCCCCCCCCCCCCCCCCCCCC(=O)OC[C@H](COP(=O)(O)OC[C@@H](O)COP(=O)(O)OC[C@@H](COC(=O)CCCCCCCCCC)OC(=O)CCCCCCCCCCCC)OC(=O)CCCCCCCCCCCCCCCCCCCCCCC. The number of hydrogen-bond donors (Lipinski definition) is 3. The monoisotopic (exact) mass is 1470 g/mol. The summed E-state index contributed by atoms with van der Waals surface area (Å²) in [6, 6.07) is 0. The zero-order valence-corrected chi connectivity index (χ0v) is 67.0. The minimum Gasteiger partial charge on any atom is -0.462 e. The molecule has 0 aromatic rings. The Bertz CT molecular complexity index is 1890. The second-order valence-electron chi connectivity index (χ2n) is 29.2. The number of hydrogen-bond acceptors (Lipinski definition) is 15. The molecule has 0 saturated carbocycles. The molecule has 0 spiro atoms. The topological polar surface area (TPSA) is 237 Å². The molecule has 2 unspecified atom stereocenters. The van der Waals surface area contributed by atoms with Crippen LogP contribution in [0.5, 0.6) is 0 Å². The van der Waals surface area contributed by atoms with Gasteiger partial charge in [-0.25, -0.2) is 9.13 Å². The van der Waals surface area contributed by atoms with Gasteiger partial charge in [0.2, 0.25) is 0 Å². The first-order valence-corrected chi connectivity index (χ1v) is 45.3. The number of carbonyl (C=O) groups is 4. The summed E-state index contributed by atoms with van der Waals surface area (Å²) in [5, 5.41) is 10.6. The molecule has 0 aliphatic rings. The second-order valence-corrected chi connectivity index (χ2v) is 32.1. The first kappa shape index (κ1) is 98.1. The van der Waals surface area contributed by atoms with E-state index >= 15 is 0 Å². The lowest BCUT2D eigenvalue weighted by Crippen LogP contribution is -2.30. The van der Waals surface area contributed by atoms with Crippen molar-refractivity contribution in [3.05, 3.63) is 0 Å². The quantitative estimate of drug-likeness (QED) is 0.0222. The number of phosphoric ester groups is 2. The molecular formula is C81H158O17P2. The summed E-state index contributed by atoms with van der Waals surface area (Å²) in [7, 11) is -9.91. The molecule has 0 amide bonds. The van der Waals surface area contributed by atoms with E-state index in [1.165, 1.54) is 263 Å². The molecule has 5 atom stereocenters. The molecular weight excluding hydrogens is 1310 g/mol. The molecule has 3 N–H and O–H groups in total. The van der Waals surface area contributed by atoms with Gasteiger partial charge in [-0.15, -0.1) is 0 Å². The van der Waals surface area contributed by atoms with Crippen molar-refractivity contribution in [1.82, 2.24) is 0 Å². The third-order valence-corrected chi connectivity index (χ3v) is 21.0. The lowest BCUT2D eigenvalue weighted by Gasteiger charge is -2.21. The summed E-state index contributed by atoms with van der Waals surface area (Å²) in [5.74, 6) is -2.11. The molecule has 0 heterocycles. The Morgan fingerprint density at radius 3 is 0.590 bits per heavy atom. The standard InChI is InChI=1S/C81H158O17P2/c1-5-9-13-17-21-25-28-30-32-34-36-38-40-42-44-46-48-51-54-58-62-66-79(84)92-72-77(98-81(86)68-64-60-56-52-49-47-45-43-41-39-37-35-33-31-29-26-22-18-14-10-6-2)74-96-100(89,90)94-70-75(82)69-93-99(87,88)95-73-76(71-91-78(83)65-61-57-53-24-20-16-12-8-4)97-80(85)67-63-59-55-50-27-23-19-15-11-7-3/h75-77,82H,5-74H2,1-4H3,(H,87,88)(H,89,90)/t75-,76+,77+/m0/s1. The van der Waals surface area contributed by atoms with Gasteiger partial charge in [-0.05, 0) is 25.7 Å². The fourth-order valence-corrected chi connectivity index (χ4v) is 14.2. The van der Waals surface area contributed by atoms with Gasteiger partial charge >= 0.3 is 39.5 Å². The third-order valence-electron chi connectivity index (χ3n) is 19.1. The van der Waals surface area contributed by atoms with Crippen molar-refractivity contribution < 1.29 is 80.2 Å². The van der Waals surface area contributed by atoms with Crippen molar-refractivity contribution in [1.29, 1.82) is 0 Å². The van der Waals surface area contributed by atoms with Crippen LogP contribution in [-0.4, -0.2) is 96.7 Å². The van der Waals surface area contributed by atoms with Gasteiger partial charge in [-0.2, -0.15) is 0 Å². The zero-order valence-electron chi connectivity index (χ0n) is 65.2. The van der Waals surface area contributed by atoms with E-state index in [0.29, 0.717) is 25.7 Å². The highest BCUT2D eigenvalue weighted by Crippen LogP contribution is 2.45. The predicted molar refractivity (Wildman–Crippen MR) is 409 cm³/mol. The third kappa shape index (κ3) is 74.3. The number of aliphatic hydroxyl groups excluding tert-OH is 1. The molecule has 19 heteroatoms. The van der Waals surface area contributed by atoms with Crippen LogP contribution in [0, 0.1) is 0 Å². The Morgan fingerprint density at radius 1 is 0.240 bits per heavy atom. The van der Waals surface area contributed by atoms with E-state index in [1.54, 1.807) is 0 Å². The summed E-state index contributed by atoms with van der Waals surface area (Å²) in [6.45, 7) is 4.97. The van der Waals surface area contributed by atoms with Crippen LogP contribution in [0.1, 0.15) is 439 Å². The van der Waals surface area contributed by atoms with Gasteiger partial charge in [0, 0.05) is 25.7 Å². The Kier molecular flexibility index (Phi) is 73.8. The zero-order chi connectivity index (χ0) is 73.2. The fourth-order valence-electron chi connectivity index (χ4n) is 12.6. The largest absolute Gasteiger partial charge is 0.472 e. The first-order chi connectivity index (χ1) is 48.7.